The van der Waals surface area contributed by atoms with Gasteiger partial charge in [0.2, 0.25) is 0 Å². The Morgan fingerprint density at radius 3 is 2.80 bits per heavy atom. The molecule has 0 saturated heterocycles. The van der Waals surface area contributed by atoms with Crippen LogP contribution in [0.2, 0.25) is 0 Å². The molecule has 0 atom stereocenters. The van der Waals surface area contributed by atoms with Gasteiger partial charge in [-0.25, -0.2) is 10.3 Å². The van der Waals surface area contributed by atoms with Gasteiger partial charge in [-0.05, 0) is 19.0 Å². The SMILES string of the molecule is Cc1ccccc1C1=NC(CCN)=C[N]1. The van der Waals surface area contributed by atoms with E-state index >= 15 is 0 Å². The summed E-state index contributed by atoms with van der Waals surface area (Å²) in [4.78, 5) is 4.44. The molecule has 0 aromatic heterocycles. The Labute approximate surface area is 89.7 Å². The summed E-state index contributed by atoms with van der Waals surface area (Å²) in [5, 5.41) is 4.30. The molecular weight excluding hydrogens is 186 g/mol. The fraction of sp³-hybridized carbons (Fsp3) is 0.250. The smallest absolute Gasteiger partial charge is 0.159 e. The number of nitrogens with zero attached hydrogens (tertiary/aromatic N) is 2. The van der Waals surface area contributed by atoms with Crippen LogP contribution in [-0.4, -0.2) is 12.4 Å². The standard InChI is InChI=1S/C12H14N3/c1-9-4-2-3-5-11(9)12-14-8-10(15-12)6-7-13/h2-5,8H,6-7,13H2,1H3. The lowest BCUT2D eigenvalue weighted by Crippen LogP contribution is -2.09. The predicted octanol–water partition coefficient (Wildman–Crippen LogP) is 1.55. The van der Waals surface area contributed by atoms with Crippen LogP contribution in [0.25, 0.3) is 0 Å². The minimum absolute atomic E-state index is 0.617. The molecular formula is C12H14N3. The third-order valence-electron chi connectivity index (χ3n) is 2.37. The summed E-state index contributed by atoms with van der Waals surface area (Å²) in [7, 11) is 0. The van der Waals surface area contributed by atoms with E-state index in [1.54, 1.807) is 6.20 Å². The van der Waals surface area contributed by atoms with E-state index in [4.69, 9.17) is 5.73 Å². The molecule has 1 aromatic rings. The van der Waals surface area contributed by atoms with Crippen LogP contribution in [0.4, 0.5) is 0 Å². The molecule has 77 valence electrons. The van der Waals surface area contributed by atoms with Gasteiger partial charge in [0.15, 0.2) is 5.84 Å². The van der Waals surface area contributed by atoms with Crippen LogP contribution < -0.4 is 11.1 Å². The van der Waals surface area contributed by atoms with E-state index in [0.29, 0.717) is 6.54 Å². The minimum Gasteiger partial charge on any atom is -0.330 e. The Balaban J connectivity index is 2.22. The number of amidine groups is 1. The lowest BCUT2D eigenvalue weighted by Gasteiger charge is -2.02. The Morgan fingerprint density at radius 1 is 1.27 bits per heavy atom. The zero-order chi connectivity index (χ0) is 10.7. The molecule has 0 unspecified atom stereocenters. The van der Waals surface area contributed by atoms with Crippen molar-refractivity contribution in [3.05, 3.63) is 47.3 Å². The van der Waals surface area contributed by atoms with Crippen LogP contribution in [-0.2, 0) is 0 Å². The highest BCUT2D eigenvalue weighted by atomic mass is 15.0. The molecule has 0 saturated carbocycles. The Kier molecular flexibility index (Phi) is 2.83. The van der Waals surface area contributed by atoms with Gasteiger partial charge >= 0.3 is 0 Å². The number of rotatable bonds is 3. The van der Waals surface area contributed by atoms with Crippen LogP contribution in [0.5, 0.6) is 0 Å². The Hall–Kier alpha value is -1.61. The molecule has 0 bridgehead atoms. The van der Waals surface area contributed by atoms with E-state index in [1.165, 1.54) is 5.56 Å². The molecule has 0 aliphatic carbocycles. The van der Waals surface area contributed by atoms with Crippen LogP contribution in [0.15, 0.2) is 41.2 Å². The second kappa shape index (κ2) is 4.28. The van der Waals surface area contributed by atoms with E-state index in [2.05, 4.69) is 23.3 Å². The molecule has 1 heterocycles. The van der Waals surface area contributed by atoms with E-state index in [-0.39, 0.29) is 0 Å². The number of nitrogens with two attached hydrogens (primary N) is 1. The topological polar surface area (TPSA) is 52.5 Å². The molecule has 1 aliphatic heterocycles. The van der Waals surface area contributed by atoms with Crippen molar-refractivity contribution in [1.82, 2.24) is 5.32 Å². The van der Waals surface area contributed by atoms with Gasteiger partial charge in [-0.3, -0.25) is 0 Å². The maximum Gasteiger partial charge on any atom is 0.159 e. The summed E-state index contributed by atoms with van der Waals surface area (Å²) in [6.07, 6.45) is 2.59. The van der Waals surface area contributed by atoms with Gasteiger partial charge in [0.25, 0.3) is 0 Å². The average Bonchev–Trinajstić information content (AvgIpc) is 2.68. The van der Waals surface area contributed by atoms with Crippen LogP contribution >= 0.6 is 0 Å². The van der Waals surface area contributed by atoms with Crippen molar-refractivity contribution >= 4 is 5.84 Å². The molecule has 0 fully saturated rings. The zero-order valence-corrected chi connectivity index (χ0v) is 8.77. The maximum atomic E-state index is 5.47. The summed E-state index contributed by atoms with van der Waals surface area (Å²) < 4.78 is 0. The van der Waals surface area contributed by atoms with Crippen LogP contribution in [0.1, 0.15) is 17.5 Å². The molecule has 1 aliphatic rings. The normalized spacial score (nSPS) is 14.5. The molecule has 1 radical (unpaired) electrons. The van der Waals surface area contributed by atoms with Gasteiger partial charge < -0.3 is 5.73 Å². The van der Waals surface area contributed by atoms with Gasteiger partial charge in [0.05, 0.1) is 11.9 Å². The van der Waals surface area contributed by atoms with Gasteiger partial charge in [-0.15, -0.1) is 0 Å². The Morgan fingerprint density at radius 2 is 2.07 bits per heavy atom. The third kappa shape index (κ3) is 2.07. The lowest BCUT2D eigenvalue weighted by molar-refractivity contribution is 0.939. The van der Waals surface area contributed by atoms with Gasteiger partial charge in [0.1, 0.15) is 0 Å². The molecule has 0 amide bonds. The first-order chi connectivity index (χ1) is 7.31. The fourth-order valence-corrected chi connectivity index (χ4v) is 1.55. The van der Waals surface area contributed by atoms with E-state index < -0.39 is 0 Å². The van der Waals surface area contributed by atoms with Crippen molar-refractivity contribution in [3.8, 4) is 0 Å². The van der Waals surface area contributed by atoms with Crippen molar-refractivity contribution in [3.63, 3.8) is 0 Å². The van der Waals surface area contributed by atoms with Gasteiger partial charge in [0, 0.05) is 12.0 Å². The van der Waals surface area contributed by atoms with E-state index in [1.807, 2.05) is 18.2 Å². The summed E-state index contributed by atoms with van der Waals surface area (Å²) in [6.45, 7) is 2.68. The molecule has 2 N–H and O–H groups in total. The number of aliphatic imine (C=N–C) groups is 1. The monoisotopic (exact) mass is 200 g/mol. The molecule has 2 rings (SSSR count). The minimum atomic E-state index is 0.617. The number of hydrogen-bond donors (Lipinski definition) is 1. The second-order valence-corrected chi connectivity index (χ2v) is 3.54. The molecule has 3 nitrogen and oxygen atoms in total. The third-order valence-corrected chi connectivity index (χ3v) is 2.37. The quantitative estimate of drug-likeness (QED) is 0.790. The lowest BCUT2D eigenvalue weighted by atomic mass is 10.1. The molecule has 1 aromatic carbocycles. The molecule has 3 heteroatoms. The predicted molar refractivity (Wildman–Crippen MR) is 61.6 cm³/mol. The first kappa shape index (κ1) is 9.93. The first-order valence-corrected chi connectivity index (χ1v) is 5.06. The highest BCUT2D eigenvalue weighted by molar-refractivity contribution is 6.02. The van der Waals surface area contributed by atoms with Crippen molar-refractivity contribution in [2.45, 2.75) is 13.3 Å². The second-order valence-electron chi connectivity index (χ2n) is 3.54. The van der Waals surface area contributed by atoms with Gasteiger partial charge in [-0.1, -0.05) is 24.3 Å². The Bertz CT molecular complexity index is 419. The number of hydrogen-bond acceptors (Lipinski definition) is 2. The van der Waals surface area contributed by atoms with Gasteiger partial charge in [-0.2, -0.15) is 0 Å². The average molecular weight is 200 g/mol. The zero-order valence-electron chi connectivity index (χ0n) is 8.77. The van der Waals surface area contributed by atoms with Crippen LogP contribution in [0.3, 0.4) is 0 Å². The summed E-state index contributed by atoms with van der Waals surface area (Å²) in [5.74, 6) is 0.802. The van der Waals surface area contributed by atoms with Crippen molar-refractivity contribution < 1.29 is 0 Å². The number of aryl methyl sites for hydroxylation is 1. The molecule has 0 spiro atoms. The van der Waals surface area contributed by atoms with Crippen LogP contribution in [0, 0.1) is 6.92 Å². The maximum absolute atomic E-state index is 5.47. The summed E-state index contributed by atoms with van der Waals surface area (Å²) in [5.41, 5.74) is 8.73. The van der Waals surface area contributed by atoms with E-state index in [9.17, 15) is 0 Å². The first-order valence-electron chi connectivity index (χ1n) is 5.06. The van der Waals surface area contributed by atoms with Crippen molar-refractivity contribution in [2.24, 2.45) is 10.7 Å². The summed E-state index contributed by atoms with van der Waals surface area (Å²) >= 11 is 0. The highest BCUT2D eigenvalue weighted by Crippen LogP contribution is 2.15. The largest absolute Gasteiger partial charge is 0.330 e. The van der Waals surface area contributed by atoms with Crippen molar-refractivity contribution in [1.29, 1.82) is 0 Å². The van der Waals surface area contributed by atoms with Crippen molar-refractivity contribution in [2.75, 3.05) is 6.54 Å². The fourth-order valence-electron chi connectivity index (χ4n) is 1.55. The molecule has 15 heavy (non-hydrogen) atoms. The highest BCUT2D eigenvalue weighted by Gasteiger charge is 2.12. The number of benzene rings is 1. The van der Waals surface area contributed by atoms with E-state index in [0.717, 1.165) is 23.5 Å². The summed E-state index contributed by atoms with van der Waals surface area (Å²) in [6, 6.07) is 8.12.